The number of aromatic nitrogens is 4. The van der Waals surface area contributed by atoms with Crippen molar-refractivity contribution < 1.29 is 9.18 Å². The highest BCUT2D eigenvalue weighted by Crippen LogP contribution is 2.16. The van der Waals surface area contributed by atoms with Gasteiger partial charge in [0, 0.05) is 50.9 Å². The van der Waals surface area contributed by atoms with Gasteiger partial charge in [-0.2, -0.15) is 5.10 Å². The molecule has 0 bridgehead atoms. The molecule has 1 aliphatic rings. The lowest BCUT2D eigenvalue weighted by Gasteiger charge is -2.35. The number of rotatable bonds is 4. The van der Waals surface area contributed by atoms with Crippen molar-refractivity contribution in [2.45, 2.75) is 6.54 Å². The summed E-state index contributed by atoms with van der Waals surface area (Å²) in [6.07, 6.45) is 0. The van der Waals surface area contributed by atoms with Crippen LogP contribution < -0.4 is 21.7 Å². The lowest BCUT2D eigenvalue weighted by molar-refractivity contribution is -0.132. The smallest absolute Gasteiger partial charge is 0.329 e. The van der Waals surface area contributed by atoms with Crippen LogP contribution in [0.3, 0.4) is 0 Å². The van der Waals surface area contributed by atoms with E-state index in [9.17, 15) is 23.6 Å². The molecule has 11 heteroatoms. The molecule has 10 nitrogen and oxygen atoms in total. The maximum absolute atomic E-state index is 13.2. The van der Waals surface area contributed by atoms with Crippen LogP contribution in [0.5, 0.6) is 0 Å². The Hall–Kier alpha value is -4.02. The van der Waals surface area contributed by atoms with E-state index < -0.39 is 16.8 Å². The molecule has 1 saturated heterocycles. The van der Waals surface area contributed by atoms with Crippen molar-refractivity contribution in [1.29, 1.82) is 0 Å². The number of H-pyrrole nitrogens is 1. The first-order valence-electron chi connectivity index (χ1n) is 9.99. The van der Waals surface area contributed by atoms with Crippen LogP contribution >= 0.6 is 0 Å². The maximum atomic E-state index is 13.2. The van der Waals surface area contributed by atoms with Gasteiger partial charge in [0.05, 0.1) is 5.69 Å². The van der Waals surface area contributed by atoms with Gasteiger partial charge in [0.25, 0.3) is 11.1 Å². The zero-order chi connectivity index (χ0) is 22.8. The van der Waals surface area contributed by atoms with Crippen molar-refractivity contribution in [2.24, 2.45) is 7.05 Å². The molecule has 1 aromatic carbocycles. The number of aromatic amines is 1. The molecule has 4 rings (SSSR count). The number of carbonyl (C=O) groups is 1. The molecular formula is C21H21FN6O4. The van der Waals surface area contributed by atoms with Crippen LogP contribution in [0.4, 0.5) is 10.2 Å². The summed E-state index contributed by atoms with van der Waals surface area (Å²) in [4.78, 5) is 54.7. The Labute approximate surface area is 181 Å². The third kappa shape index (κ3) is 4.36. The van der Waals surface area contributed by atoms with Crippen molar-refractivity contribution >= 4 is 11.7 Å². The van der Waals surface area contributed by atoms with E-state index >= 15 is 0 Å². The van der Waals surface area contributed by atoms with Crippen LogP contribution in [-0.4, -0.2) is 56.3 Å². The first-order valence-corrected chi connectivity index (χ1v) is 9.99. The second kappa shape index (κ2) is 8.61. The summed E-state index contributed by atoms with van der Waals surface area (Å²) < 4.78 is 15.2. The van der Waals surface area contributed by atoms with E-state index in [1.165, 1.54) is 37.4 Å². The molecule has 1 fully saturated rings. The average Bonchev–Trinajstić information content (AvgIpc) is 2.79. The molecule has 1 aliphatic heterocycles. The van der Waals surface area contributed by atoms with E-state index in [4.69, 9.17) is 0 Å². The van der Waals surface area contributed by atoms with Crippen molar-refractivity contribution in [2.75, 3.05) is 31.1 Å². The minimum Gasteiger partial charge on any atom is -0.354 e. The Morgan fingerprint density at radius 3 is 2.34 bits per heavy atom. The minimum atomic E-state index is -0.502. The van der Waals surface area contributed by atoms with Crippen molar-refractivity contribution in [1.82, 2.24) is 24.2 Å². The number of nitrogens with one attached hydrogen (secondary N) is 1. The highest BCUT2D eigenvalue weighted by Gasteiger charge is 2.23. The number of amides is 1. The molecule has 0 saturated carbocycles. The van der Waals surface area contributed by atoms with Crippen molar-refractivity contribution in [3.63, 3.8) is 0 Å². The molecule has 32 heavy (non-hydrogen) atoms. The summed E-state index contributed by atoms with van der Waals surface area (Å²) >= 11 is 0. The first kappa shape index (κ1) is 21.2. The van der Waals surface area contributed by atoms with Crippen LogP contribution in [-0.2, 0) is 18.4 Å². The molecule has 0 radical (unpaired) electrons. The SMILES string of the molecule is Cn1c(=O)cc(N2CCN(C(=O)Cn3nc(-c4ccc(F)cc4)ccc3=O)CC2)[nH]c1=O. The number of nitrogens with zero attached hydrogens (tertiary/aromatic N) is 5. The molecule has 0 aliphatic carbocycles. The Morgan fingerprint density at radius 2 is 1.69 bits per heavy atom. The molecule has 3 heterocycles. The van der Waals surface area contributed by atoms with Gasteiger partial charge in [0.2, 0.25) is 5.91 Å². The summed E-state index contributed by atoms with van der Waals surface area (Å²) in [7, 11) is 1.39. The molecule has 0 atom stereocenters. The number of hydrogen-bond acceptors (Lipinski definition) is 6. The van der Waals surface area contributed by atoms with Gasteiger partial charge in [-0.1, -0.05) is 0 Å². The van der Waals surface area contributed by atoms with Gasteiger partial charge >= 0.3 is 5.69 Å². The lowest BCUT2D eigenvalue weighted by atomic mass is 10.1. The fourth-order valence-electron chi connectivity index (χ4n) is 3.48. The van der Waals surface area contributed by atoms with Crippen molar-refractivity contribution in [3.05, 3.63) is 79.5 Å². The van der Waals surface area contributed by atoms with Crippen LogP contribution in [0.25, 0.3) is 11.3 Å². The Kier molecular flexibility index (Phi) is 5.71. The Balaban J connectivity index is 1.44. The monoisotopic (exact) mass is 440 g/mol. The quantitative estimate of drug-likeness (QED) is 0.601. The van der Waals surface area contributed by atoms with E-state index in [-0.39, 0.29) is 18.3 Å². The predicted molar refractivity (Wildman–Crippen MR) is 115 cm³/mol. The number of anilines is 1. The van der Waals surface area contributed by atoms with Gasteiger partial charge in [0.1, 0.15) is 18.2 Å². The fourth-order valence-corrected chi connectivity index (χ4v) is 3.48. The Bertz CT molecular complexity index is 1290. The molecule has 0 unspecified atom stereocenters. The van der Waals surface area contributed by atoms with Gasteiger partial charge in [-0.15, -0.1) is 0 Å². The second-order valence-electron chi connectivity index (χ2n) is 7.45. The lowest BCUT2D eigenvalue weighted by Crippen LogP contribution is -2.51. The highest BCUT2D eigenvalue weighted by molar-refractivity contribution is 5.76. The molecule has 1 amide bonds. The summed E-state index contributed by atoms with van der Waals surface area (Å²) in [5.41, 5.74) is -0.243. The molecule has 166 valence electrons. The van der Waals surface area contributed by atoms with Crippen LogP contribution in [0.15, 0.2) is 56.8 Å². The van der Waals surface area contributed by atoms with Gasteiger partial charge in [0.15, 0.2) is 0 Å². The highest BCUT2D eigenvalue weighted by atomic mass is 19.1. The van der Waals surface area contributed by atoms with E-state index in [0.29, 0.717) is 43.3 Å². The first-order chi connectivity index (χ1) is 15.3. The number of piperazine rings is 1. The zero-order valence-electron chi connectivity index (χ0n) is 17.3. The minimum absolute atomic E-state index is 0.226. The number of halogens is 1. The molecule has 3 aromatic rings. The molecule has 2 aromatic heterocycles. The molecular weight excluding hydrogens is 419 g/mol. The third-order valence-corrected chi connectivity index (χ3v) is 5.40. The van der Waals surface area contributed by atoms with Crippen LogP contribution in [0.1, 0.15) is 0 Å². The standard InChI is InChI=1S/C21H21FN6O4/c1-25-19(30)12-17(23-21(25)32)26-8-10-27(11-9-26)20(31)13-28-18(29)7-6-16(24-28)14-2-4-15(22)5-3-14/h2-7,12H,8-11,13H2,1H3,(H,23,32). The fraction of sp³-hybridized carbons (Fsp3) is 0.286. The molecule has 1 N–H and O–H groups in total. The molecule has 0 spiro atoms. The predicted octanol–water partition coefficient (Wildman–Crippen LogP) is -0.215. The van der Waals surface area contributed by atoms with E-state index in [1.807, 2.05) is 4.90 Å². The van der Waals surface area contributed by atoms with Gasteiger partial charge < -0.3 is 9.80 Å². The largest absolute Gasteiger partial charge is 0.354 e. The van der Waals surface area contributed by atoms with Gasteiger partial charge in [-0.3, -0.25) is 23.9 Å². The normalized spacial score (nSPS) is 13.9. The number of carbonyl (C=O) groups excluding carboxylic acids is 1. The van der Waals surface area contributed by atoms with Crippen molar-refractivity contribution in [3.8, 4) is 11.3 Å². The topological polar surface area (TPSA) is 113 Å². The van der Waals surface area contributed by atoms with E-state index in [2.05, 4.69) is 10.1 Å². The third-order valence-electron chi connectivity index (χ3n) is 5.40. The van der Waals surface area contributed by atoms with Gasteiger partial charge in [-0.25, -0.2) is 13.9 Å². The summed E-state index contributed by atoms with van der Waals surface area (Å²) in [5, 5.41) is 4.24. The maximum Gasteiger partial charge on any atom is 0.329 e. The second-order valence-corrected chi connectivity index (χ2v) is 7.45. The number of hydrogen-bond donors (Lipinski definition) is 1. The van der Waals surface area contributed by atoms with Crippen LogP contribution in [0.2, 0.25) is 0 Å². The summed E-state index contributed by atoms with van der Waals surface area (Å²) in [5.74, 6) is -0.237. The summed E-state index contributed by atoms with van der Waals surface area (Å²) in [6, 6.07) is 9.90. The van der Waals surface area contributed by atoms with E-state index in [0.717, 1.165) is 9.25 Å². The van der Waals surface area contributed by atoms with Gasteiger partial charge in [-0.05, 0) is 30.3 Å². The van der Waals surface area contributed by atoms with Crippen LogP contribution in [0, 0.1) is 5.82 Å². The number of benzene rings is 1. The average molecular weight is 440 g/mol. The Morgan fingerprint density at radius 1 is 1.00 bits per heavy atom. The van der Waals surface area contributed by atoms with E-state index in [1.54, 1.807) is 17.0 Å². The summed E-state index contributed by atoms with van der Waals surface area (Å²) in [6.45, 7) is 1.35. The zero-order valence-corrected chi connectivity index (χ0v) is 17.3.